The Morgan fingerprint density at radius 1 is 1.38 bits per heavy atom. The van der Waals surface area contributed by atoms with E-state index < -0.39 is 10.0 Å². The van der Waals surface area contributed by atoms with Crippen molar-refractivity contribution in [1.29, 1.82) is 0 Å². The third-order valence-corrected chi connectivity index (χ3v) is 7.09. The van der Waals surface area contributed by atoms with Gasteiger partial charge >= 0.3 is 0 Å². The fourth-order valence-electron chi connectivity index (χ4n) is 2.80. The molecule has 1 fully saturated rings. The molecule has 24 heavy (non-hydrogen) atoms. The molecule has 3 heterocycles. The number of amides is 1. The lowest BCUT2D eigenvalue weighted by molar-refractivity contribution is -0.135. The molecule has 0 aromatic carbocycles. The number of nitrogens with zero attached hydrogens (tertiary/aromatic N) is 3. The van der Waals surface area contributed by atoms with Gasteiger partial charge in [0.05, 0.1) is 0 Å². The highest BCUT2D eigenvalue weighted by molar-refractivity contribution is 7.91. The summed E-state index contributed by atoms with van der Waals surface area (Å²) in [7, 11) is -3.46. The number of carbonyl (C=O) groups is 1. The Morgan fingerprint density at radius 2 is 2.12 bits per heavy atom. The molecule has 7 nitrogen and oxygen atoms in total. The Labute approximate surface area is 145 Å². The molecular weight excluding hydrogens is 348 g/mol. The first kappa shape index (κ1) is 17.1. The third-order valence-electron chi connectivity index (χ3n) is 4.17. The molecule has 1 aliphatic rings. The summed E-state index contributed by atoms with van der Waals surface area (Å²) in [5.41, 5.74) is 0. The number of hydrogen-bond donors (Lipinski definition) is 1. The van der Waals surface area contributed by atoms with Gasteiger partial charge in [-0.25, -0.2) is 13.1 Å². The van der Waals surface area contributed by atoms with Crippen molar-refractivity contribution in [3.8, 4) is 0 Å². The minimum absolute atomic E-state index is 0.0123. The molecule has 1 aliphatic heterocycles. The number of aromatic nitrogens is 2. The fourth-order valence-corrected chi connectivity index (χ4v) is 5.11. The summed E-state index contributed by atoms with van der Waals surface area (Å²) in [6.45, 7) is 2.91. The van der Waals surface area contributed by atoms with Gasteiger partial charge in [-0.3, -0.25) is 9.48 Å². The Hall–Kier alpha value is -1.71. The van der Waals surface area contributed by atoms with Crippen LogP contribution in [-0.4, -0.2) is 48.1 Å². The number of carbonyl (C=O) groups excluding carboxylic acids is 1. The van der Waals surface area contributed by atoms with Crippen molar-refractivity contribution in [3.63, 3.8) is 0 Å². The monoisotopic (exact) mass is 368 g/mol. The summed E-state index contributed by atoms with van der Waals surface area (Å²) in [6, 6.07) is 4.62. The minimum atomic E-state index is -3.46. The lowest BCUT2D eigenvalue weighted by atomic mass is 10.1. The average molecular weight is 368 g/mol. The van der Waals surface area contributed by atoms with Gasteiger partial charge < -0.3 is 4.90 Å². The van der Waals surface area contributed by atoms with Gasteiger partial charge in [-0.05, 0) is 37.3 Å². The van der Waals surface area contributed by atoms with Gasteiger partial charge in [0.2, 0.25) is 15.9 Å². The van der Waals surface area contributed by atoms with E-state index in [9.17, 15) is 13.2 Å². The number of hydrogen-bond acceptors (Lipinski definition) is 5. The zero-order chi connectivity index (χ0) is 17.2. The van der Waals surface area contributed by atoms with Crippen LogP contribution in [0.4, 0.5) is 0 Å². The summed E-state index contributed by atoms with van der Waals surface area (Å²) in [6.07, 6.45) is 4.64. The molecule has 1 amide bonds. The number of thiophene rings is 1. The van der Waals surface area contributed by atoms with Crippen molar-refractivity contribution in [2.24, 2.45) is 0 Å². The second-order valence-corrected chi connectivity index (χ2v) is 8.70. The molecular formula is C15H20N4O3S2. The first-order valence-electron chi connectivity index (χ1n) is 7.81. The first-order valence-corrected chi connectivity index (χ1v) is 10.2. The van der Waals surface area contributed by atoms with Crippen LogP contribution in [0.15, 0.2) is 40.2 Å². The molecule has 1 atom stereocenters. The molecule has 1 saturated heterocycles. The zero-order valence-corrected chi connectivity index (χ0v) is 15.0. The number of rotatable bonds is 5. The molecule has 0 radical (unpaired) electrons. The first-order chi connectivity index (χ1) is 11.5. The summed E-state index contributed by atoms with van der Waals surface area (Å²) in [5.74, 6) is 0.0123. The lowest BCUT2D eigenvalue weighted by Crippen LogP contribution is -2.47. The Kier molecular flexibility index (Phi) is 5.02. The van der Waals surface area contributed by atoms with Gasteiger partial charge in [0.25, 0.3) is 0 Å². The van der Waals surface area contributed by atoms with Crippen LogP contribution in [0.25, 0.3) is 0 Å². The topological polar surface area (TPSA) is 84.3 Å². The van der Waals surface area contributed by atoms with Crippen molar-refractivity contribution < 1.29 is 13.2 Å². The molecule has 1 N–H and O–H groups in total. The zero-order valence-electron chi connectivity index (χ0n) is 13.3. The van der Waals surface area contributed by atoms with Gasteiger partial charge in [-0.2, -0.15) is 5.10 Å². The van der Waals surface area contributed by atoms with Crippen LogP contribution < -0.4 is 4.72 Å². The van der Waals surface area contributed by atoms with Crippen LogP contribution >= 0.6 is 11.3 Å². The van der Waals surface area contributed by atoms with Crippen molar-refractivity contribution in [3.05, 3.63) is 36.0 Å². The molecule has 9 heteroatoms. The lowest BCUT2D eigenvalue weighted by Gasteiger charge is -2.33. The molecule has 2 aromatic heterocycles. The van der Waals surface area contributed by atoms with Crippen molar-refractivity contribution in [2.75, 3.05) is 13.1 Å². The van der Waals surface area contributed by atoms with Gasteiger partial charge in [-0.15, -0.1) is 11.3 Å². The van der Waals surface area contributed by atoms with Crippen LogP contribution in [0.5, 0.6) is 0 Å². The van der Waals surface area contributed by atoms with Crippen LogP contribution in [0.3, 0.4) is 0 Å². The Morgan fingerprint density at radius 3 is 2.71 bits per heavy atom. The van der Waals surface area contributed by atoms with Crippen LogP contribution in [0.2, 0.25) is 0 Å². The molecule has 0 spiro atoms. The molecule has 2 aromatic rings. The highest BCUT2D eigenvalue weighted by Crippen LogP contribution is 2.20. The maximum atomic E-state index is 12.5. The normalized spacial score (nSPS) is 17.8. The van der Waals surface area contributed by atoms with Crippen LogP contribution in [0.1, 0.15) is 25.8 Å². The minimum Gasteiger partial charge on any atom is -0.341 e. The van der Waals surface area contributed by atoms with Crippen molar-refractivity contribution >= 4 is 27.3 Å². The molecule has 0 bridgehead atoms. The molecule has 3 rings (SSSR count). The van der Waals surface area contributed by atoms with Crippen LogP contribution in [0, 0.1) is 0 Å². The largest absolute Gasteiger partial charge is 0.341 e. The highest BCUT2D eigenvalue weighted by Gasteiger charge is 2.29. The Bertz CT molecular complexity index is 764. The second kappa shape index (κ2) is 7.04. The average Bonchev–Trinajstić information content (AvgIpc) is 3.27. The van der Waals surface area contributed by atoms with Gasteiger partial charge in [0.1, 0.15) is 10.3 Å². The molecule has 130 valence electrons. The van der Waals surface area contributed by atoms with E-state index in [0.29, 0.717) is 30.1 Å². The number of likely N-dealkylation sites (tertiary alicyclic amines) is 1. The molecule has 0 saturated carbocycles. The summed E-state index contributed by atoms with van der Waals surface area (Å²) in [5, 5.41) is 5.85. The number of piperidine rings is 1. The summed E-state index contributed by atoms with van der Waals surface area (Å²) in [4.78, 5) is 14.3. The highest BCUT2D eigenvalue weighted by atomic mass is 32.2. The SMILES string of the molecule is CC(C(=O)N1CCC(NS(=O)(=O)c2cccs2)CC1)n1cccn1. The second-order valence-electron chi connectivity index (χ2n) is 5.81. The van der Waals surface area contributed by atoms with Gasteiger partial charge in [-0.1, -0.05) is 6.07 Å². The van der Waals surface area contributed by atoms with E-state index in [2.05, 4.69) is 9.82 Å². The van der Waals surface area contributed by atoms with E-state index in [-0.39, 0.29) is 18.0 Å². The fraction of sp³-hybridized carbons (Fsp3) is 0.467. The van der Waals surface area contributed by atoms with Gasteiger partial charge in [0, 0.05) is 31.5 Å². The number of sulfonamides is 1. The van der Waals surface area contributed by atoms with E-state index in [0.717, 1.165) is 0 Å². The van der Waals surface area contributed by atoms with Crippen LogP contribution in [-0.2, 0) is 14.8 Å². The summed E-state index contributed by atoms with van der Waals surface area (Å²) >= 11 is 1.20. The van der Waals surface area contributed by atoms with E-state index in [1.54, 1.807) is 45.6 Å². The third kappa shape index (κ3) is 3.68. The Balaban J connectivity index is 1.55. The maximum Gasteiger partial charge on any atom is 0.250 e. The van der Waals surface area contributed by atoms with Crippen molar-refractivity contribution in [2.45, 2.75) is 36.1 Å². The van der Waals surface area contributed by atoms with E-state index in [1.807, 2.05) is 6.92 Å². The number of nitrogens with one attached hydrogen (secondary N) is 1. The predicted octanol–water partition coefficient (Wildman–Crippen LogP) is 1.48. The molecule has 0 aliphatic carbocycles. The molecule has 1 unspecified atom stereocenters. The quantitative estimate of drug-likeness (QED) is 0.866. The van der Waals surface area contributed by atoms with Crippen molar-refractivity contribution in [1.82, 2.24) is 19.4 Å². The van der Waals surface area contributed by atoms with E-state index in [1.165, 1.54) is 11.3 Å². The van der Waals surface area contributed by atoms with Gasteiger partial charge in [0.15, 0.2) is 0 Å². The maximum absolute atomic E-state index is 12.5. The summed E-state index contributed by atoms with van der Waals surface area (Å²) < 4.78 is 29.2. The van der Waals surface area contributed by atoms with E-state index in [4.69, 9.17) is 0 Å². The smallest absolute Gasteiger partial charge is 0.250 e. The standard InChI is InChI=1S/C15H20N4O3S2/c1-12(19-8-3-7-16-19)15(20)18-9-5-13(6-10-18)17-24(21,22)14-4-2-11-23-14/h2-4,7-8,11-13,17H,5-6,9-10H2,1H3. The predicted molar refractivity (Wildman–Crippen MR) is 91.2 cm³/mol. The van der Waals surface area contributed by atoms with E-state index >= 15 is 0 Å².